The topological polar surface area (TPSA) is 97.1 Å². The molecule has 27 heavy (non-hydrogen) atoms. The van der Waals surface area contributed by atoms with Gasteiger partial charge in [-0.15, -0.1) is 22.0 Å². The summed E-state index contributed by atoms with van der Waals surface area (Å²) in [6, 6.07) is 7.08. The zero-order chi connectivity index (χ0) is 19.2. The first-order chi connectivity index (χ1) is 13.1. The SMILES string of the molecule is CC(Sc1ccccc1C(=O)NCCc1nnc2n1CCCCC2)C(=O)O. The van der Waals surface area contributed by atoms with E-state index in [9.17, 15) is 9.59 Å². The molecule has 0 bridgehead atoms. The molecular weight excluding hydrogens is 364 g/mol. The highest BCUT2D eigenvalue weighted by Gasteiger charge is 2.18. The van der Waals surface area contributed by atoms with Crippen molar-refractivity contribution in [3.63, 3.8) is 0 Å². The summed E-state index contributed by atoms with van der Waals surface area (Å²) in [7, 11) is 0. The van der Waals surface area contributed by atoms with Crippen LogP contribution in [0.5, 0.6) is 0 Å². The Labute approximate surface area is 162 Å². The third-order valence-corrected chi connectivity index (χ3v) is 5.77. The summed E-state index contributed by atoms with van der Waals surface area (Å²) in [6.45, 7) is 3.02. The van der Waals surface area contributed by atoms with Crippen LogP contribution in [0.4, 0.5) is 0 Å². The maximum absolute atomic E-state index is 12.6. The van der Waals surface area contributed by atoms with Crippen molar-refractivity contribution >= 4 is 23.6 Å². The number of carbonyl (C=O) groups is 2. The first-order valence-electron chi connectivity index (χ1n) is 9.24. The maximum Gasteiger partial charge on any atom is 0.316 e. The lowest BCUT2D eigenvalue weighted by Crippen LogP contribution is -2.27. The quantitative estimate of drug-likeness (QED) is 0.708. The van der Waals surface area contributed by atoms with Crippen LogP contribution in [0.2, 0.25) is 0 Å². The number of nitrogens with one attached hydrogen (secondary N) is 1. The second-order valence-corrected chi connectivity index (χ2v) is 7.98. The van der Waals surface area contributed by atoms with E-state index >= 15 is 0 Å². The van der Waals surface area contributed by atoms with E-state index in [2.05, 4.69) is 20.1 Å². The molecule has 2 aromatic rings. The highest BCUT2D eigenvalue weighted by molar-refractivity contribution is 8.00. The summed E-state index contributed by atoms with van der Waals surface area (Å²) < 4.78 is 2.18. The Kier molecular flexibility index (Phi) is 6.49. The zero-order valence-corrected chi connectivity index (χ0v) is 16.2. The van der Waals surface area contributed by atoms with E-state index in [4.69, 9.17) is 5.11 Å². The predicted octanol–water partition coefficient (Wildman–Crippen LogP) is 2.54. The lowest BCUT2D eigenvalue weighted by Gasteiger charge is -2.12. The normalized spacial score (nSPS) is 14.9. The van der Waals surface area contributed by atoms with E-state index in [0.717, 1.165) is 37.5 Å². The molecule has 1 aromatic carbocycles. The monoisotopic (exact) mass is 388 g/mol. The number of carboxylic acids is 1. The molecule has 1 aliphatic heterocycles. The summed E-state index contributed by atoms with van der Waals surface area (Å²) in [4.78, 5) is 24.3. The molecule has 0 aliphatic carbocycles. The minimum atomic E-state index is -0.900. The van der Waals surface area contributed by atoms with Crippen LogP contribution < -0.4 is 5.32 Å². The summed E-state index contributed by atoms with van der Waals surface area (Å²) in [6.07, 6.45) is 5.09. The second-order valence-electron chi connectivity index (χ2n) is 6.60. The molecule has 1 amide bonds. The molecule has 0 saturated heterocycles. The van der Waals surface area contributed by atoms with E-state index in [0.29, 0.717) is 23.4 Å². The molecule has 1 unspecified atom stereocenters. The highest BCUT2D eigenvalue weighted by Crippen LogP contribution is 2.27. The van der Waals surface area contributed by atoms with E-state index in [1.54, 1.807) is 31.2 Å². The van der Waals surface area contributed by atoms with Gasteiger partial charge in [-0.3, -0.25) is 9.59 Å². The first kappa shape index (κ1) is 19.4. The molecule has 7 nitrogen and oxygen atoms in total. The van der Waals surface area contributed by atoms with Crippen LogP contribution in [-0.2, 0) is 24.2 Å². The van der Waals surface area contributed by atoms with Gasteiger partial charge in [0.25, 0.3) is 5.91 Å². The molecule has 3 rings (SSSR count). The van der Waals surface area contributed by atoms with Gasteiger partial charge in [0, 0.05) is 30.8 Å². The van der Waals surface area contributed by atoms with Crippen molar-refractivity contribution < 1.29 is 14.7 Å². The number of carbonyl (C=O) groups excluding carboxylic acids is 1. The van der Waals surface area contributed by atoms with Crippen LogP contribution >= 0.6 is 11.8 Å². The number of carboxylic acid groups (broad SMARTS) is 1. The summed E-state index contributed by atoms with van der Waals surface area (Å²) in [5.74, 6) is 0.849. The highest BCUT2D eigenvalue weighted by atomic mass is 32.2. The fourth-order valence-electron chi connectivity index (χ4n) is 3.11. The Morgan fingerprint density at radius 1 is 1.26 bits per heavy atom. The molecule has 1 atom stereocenters. The molecule has 2 N–H and O–H groups in total. The standard InChI is InChI=1S/C19H24N4O3S/c1-13(19(25)26)27-15-8-5-4-7-14(15)18(24)20-11-10-17-22-21-16-9-3-2-6-12-23(16)17/h4-5,7-8,13H,2-3,6,9-12H2,1H3,(H,20,24)(H,25,26). The van der Waals surface area contributed by atoms with E-state index in [1.807, 2.05) is 0 Å². The van der Waals surface area contributed by atoms with Crippen LogP contribution in [0.3, 0.4) is 0 Å². The van der Waals surface area contributed by atoms with E-state index in [-0.39, 0.29) is 5.91 Å². The van der Waals surface area contributed by atoms with Gasteiger partial charge in [-0.2, -0.15) is 0 Å². The molecule has 1 aliphatic rings. The summed E-state index contributed by atoms with van der Waals surface area (Å²) in [5.41, 5.74) is 0.496. The van der Waals surface area contributed by atoms with Crippen LogP contribution in [0.1, 0.15) is 48.2 Å². The third-order valence-electron chi connectivity index (χ3n) is 4.60. The molecule has 144 valence electrons. The molecule has 0 saturated carbocycles. The van der Waals surface area contributed by atoms with Gasteiger partial charge >= 0.3 is 5.97 Å². The average molecular weight is 388 g/mol. The van der Waals surface area contributed by atoms with E-state index in [1.165, 1.54) is 18.2 Å². The Hall–Kier alpha value is -2.35. The Bertz CT molecular complexity index is 821. The van der Waals surface area contributed by atoms with Gasteiger partial charge in [0.15, 0.2) is 0 Å². The largest absolute Gasteiger partial charge is 0.480 e. The van der Waals surface area contributed by atoms with Crippen molar-refractivity contribution in [1.29, 1.82) is 0 Å². The fraction of sp³-hybridized carbons (Fsp3) is 0.474. The number of nitrogens with zero attached hydrogens (tertiary/aromatic N) is 3. The summed E-state index contributed by atoms with van der Waals surface area (Å²) in [5, 5.41) is 20.0. The molecule has 8 heteroatoms. The van der Waals surface area contributed by atoms with Crippen LogP contribution in [0, 0.1) is 0 Å². The van der Waals surface area contributed by atoms with Crippen molar-refractivity contribution in [2.75, 3.05) is 6.54 Å². The van der Waals surface area contributed by atoms with Gasteiger partial charge in [-0.25, -0.2) is 0 Å². The van der Waals surface area contributed by atoms with Crippen molar-refractivity contribution in [3.05, 3.63) is 41.5 Å². The van der Waals surface area contributed by atoms with E-state index < -0.39 is 11.2 Å². The third kappa shape index (κ3) is 4.88. The molecule has 0 fully saturated rings. The average Bonchev–Trinajstić information content (AvgIpc) is 2.88. The van der Waals surface area contributed by atoms with Crippen molar-refractivity contribution in [1.82, 2.24) is 20.1 Å². The molecule has 1 aromatic heterocycles. The van der Waals surface area contributed by atoms with Crippen LogP contribution in [-0.4, -0.2) is 43.5 Å². The Balaban J connectivity index is 1.60. The lowest BCUT2D eigenvalue weighted by molar-refractivity contribution is -0.136. The zero-order valence-electron chi connectivity index (χ0n) is 15.4. The van der Waals surface area contributed by atoms with Gasteiger partial charge in [0.1, 0.15) is 16.9 Å². The van der Waals surface area contributed by atoms with Crippen molar-refractivity contribution in [2.45, 2.75) is 55.7 Å². The van der Waals surface area contributed by atoms with Gasteiger partial charge in [0.2, 0.25) is 0 Å². The number of aliphatic carboxylic acids is 1. The molecule has 0 spiro atoms. The molecule has 0 radical (unpaired) electrons. The number of aromatic nitrogens is 3. The number of hydrogen-bond donors (Lipinski definition) is 2. The van der Waals surface area contributed by atoms with Gasteiger partial charge < -0.3 is 15.0 Å². The maximum atomic E-state index is 12.6. The van der Waals surface area contributed by atoms with Crippen molar-refractivity contribution in [3.8, 4) is 0 Å². The number of aryl methyl sites for hydroxylation is 1. The Morgan fingerprint density at radius 3 is 2.89 bits per heavy atom. The Morgan fingerprint density at radius 2 is 2.07 bits per heavy atom. The second kappa shape index (κ2) is 9.03. The molecule has 2 heterocycles. The van der Waals surface area contributed by atoms with Gasteiger partial charge in [0.05, 0.1) is 5.56 Å². The summed E-state index contributed by atoms with van der Waals surface area (Å²) >= 11 is 1.17. The number of fused-ring (bicyclic) bond motifs is 1. The predicted molar refractivity (Wildman–Crippen MR) is 103 cm³/mol. The minimum Gasteiger partial charge on any atom is -0.480 e. The van der Waals surface area contributed by atoms with Gasteiger partial charge in [-0.1, -0.05) is 18.6 Å². The first-order valence-corrected chi connectivity index (χ1v) is 10.1. The van der Waals surface area contributed by atoms with Crippen molar-refractivity contribution in [2.24, 2.45) is 0 Å². The number of benzene rings is 1. The smallest absolute Gasteiger partial charge is 0.316 e. The fourth-order valence-corrected chi connectivity index (χ4v) is 4.04. The number of hydrogen-bond acceptors (Lipinski definition) is 5. The van der Waals surface area contributed by atoms with Gasteiger partial charge in [-0.05, 0) is 31.9 Å². The lowest BCUT2D eigenvalue weighted by atomic mass is 10.2. The van der Waals surface area contributed by atoms with Crippen LogP contribution in [0.15, 0.2) is 29.2 Å². The number of amides is 1. The minimum absolute atomic E-state index is 0.203. The number of thioether (sulfide) groups is 1. The van der Waals surface area contributed by atoms with Crippen LogP contribution in [0.25, 0.3) is 0 Å². The molecular formula is C19H24N4O3S. The number of rotatable bonds is 7.